The molecule has 0 atom stereocenters. The lowest BCUT2D eigenvalue weighted by Gasteiger charge is -2.22. The Morgan fingerprint density at radius 3 is 2.44 bits per heavy atom. The molecule has 7 nitrogen and oxygen atoms in total. The fraction of sp³-hybridized carbons (Fsp3) is 0.588. The van der Waals surface area contributed by atoms with Crippen LogP contribution in [0.25, 0.3) is 0 Å². The van der Waals surface area contributed by atoms with E-state index < -0.39 is 16.1 Å². The zero-order chi connectivity index (χ0) is 18.6. The van der Waals surface area contributed by atoms with Crippen LogP contribution in [0.5, 0.6) is 5.75 Å². The molecule has 1 amide bonds. The van der Waals surface area contributed by atoms with Crippen molar-refractivity contribution in [2.24, 2.45) is 0 Å². The van der Waals surface area contributed by atoms with E-state index in [1.165, 1.54) is 23.4 Å². The quantitative estimate of drug-likeness (QED) is 0.813. The Morgan fingerprint density at radius 1 is 1.12 bits per heavy atom. The predicted octanol–water partition coefficient (Wildman–Crippen LogP) is 2.28. The van der Waals surface area contributed by atoms with E-state index in [1.807, 2.05) is 19.9 Å². The highest BCUT2D eigenvalue weighted by Gasteiger charge is 2.31. The molecule has 0 aromatic heterocycles. The minimum absolute atomic E-state index is 0.174. The van der Waals surface area contributed by atoms with Gasteiger partial charge in [0, 0.05) is 26.2 Å². The number of hydrogen-bond donors (Lipinski definition) is 0. The van der Waals surface area contributed by atoms with Crippen molar-refractivity contribution >= 4 is 16.1 Å². The van der Waals surface area contributed by atoms with Gasteiger partial charge < -0.3 is 14.4 Å². The summed E-state index contributed by atoms with van der Waals surface area (Å²) in [6.07, 6.45) is 0.124. The van der Waals surface area contributed by atoms with E-state index >= 15 is 0 Å². The van der Waals surface area contributed by atoms with Crippen LogP contribution in [-0.4, -0.2) is 64.1 Å². The molecule has 1 aliphatic heterocycles. The van der Waals surface area contributed by atoms with Crippen molar-refractivity contribution in [1.29, 1.82) is 0 Å². The number of carbonyl (C=O) groups excluding carboxylic acids is 1. The first-order valence-electron chi connectivity index (χ1n) is 8.32. The third kappa shape index (κ3) is 4.24. The summed E-state index contributed by atoms with van der Waals surface area (Å²) >= 11 is 0. The van der Waals surface area contributed by atoms with Gasteiger partial charge in [0.1, 0.15) is 10.6 Å². The second kappa shape index (κ2) is 8.05. The Balaban J connectivity index is 2.32. The molecule has 0 aliphatic carbocycles. The molecule has 1 fully saturated rings. The van der Waals surface area contributed by atoms with Crippen molar-refractivity contribution in [3.05, 3.63) is 23.8 Å². The summed E-state index contributed by atoms with van der Waals surface area (Å²) in [5.74, 6) is 0.539. The zero-order valence-electron chi connectivity index (χ0n) is 15.2. The SMILES string of the molecule is COC(=O)N1CCCN(S(=O)(=O)c2cc(C(C)C)ccc2OC)CC1. The van der Waals surface area contributed by atoms with Crippen LogP contribution < -0.4 is 4.74 Å². The summed E-state index contributed by atoms with van der Waals surface area (Å²) in [6, 6.07) is 5.26. The van der Waals surface area contributed by atoms with Crippen molar-refractivity contribution < 1.29 is 22.7 Å². The third-order valence-electron chi connectivity index (χ3n) is 4.36. The number of sulfonamides is 1. The summed E-state index contributed by atoms with van der Waals surface area (Å²) < 4.78 is 37.7. The summed E-state index contributed by atoms with van der Waals surface area (Å²) in [5.41, 5.74) is 0.936. The number of amides is 1. The lowest BCUT2D eigenvalue weighted by Crippen LogP contribution is -2.37. The number of hydrogen-bond acceptors (Lipinski definition) is 5. The predicted molar refractivity (Wildman–Crippen MR) is 94.4 cm³/mol. The first-order valence-corrected chi connectivity index (χ1v) is 9.76. The Kier molecular flexibility index (Phi) is 6.29. The molecule has 140 valence electrons. The van der Waals surface area contributed by atoms with E-state index in [9.17, 15) is 13.2 Å². The number of nitrogens with zero attached hydrogens (tertiary/aromatic N) is 2. The van der Waals surface area contributed by atoms with E-state index in [-0.39, 0.29) is 17.4 Å². The summed E-state index contributed by atoms with van der Waals surface area (Å²) in [6.45, 7) is 5.38. The monoisotopic (exact) mass is 370 g/mol. The van der Waals surface area contributed by atoms with Crippen LogP contribution in [-0.2, 0) is 14.8 Å². The van der Waals surface area contributed by atoms with Crippen molar-refractivity contribution in [3.8, 4) is 5.75 Å². The lowest BCUT2D eigenvalue weighted by atomic mass is 10.0. The van der Waals surface area contributed by atoms with Crippen molar-refractivity contribution in [3.63, 3.8) is 0 Å². The molecule has 0 radical (unpaired) electrons. The minimum Gasteiger partial charge on any atom is -0.495 e. The molecule has 1 aromatic rings. The van der Waals surface area contributed by atoms with Crippen LogP contribution in [0.1, 0.15) is 31.7 Å². The first-order chi connectivity index (χ1) is 11.8. The summed E-state index contributed by atoms with van der Waals surface area (Å²) in [7, 11) is -0.924. The average molecular weight is 370 g/mol. The van der Waals surface area contributed by atoms with Gasteiger partial charge in [-0.2, -0.15) is 4.31 Å². The van der Waals surface area contributed by atoms with Crippen LogP contribution in [0.2, 0.25) is 0 Å². The molecule has 1 heterocycles. The minimum atomic E-state index is -3.71. The van der Waals surface area contributed by atoms with Crippen LogP contribution in [0.3, 0.4) is 0 Å². The topological polar surface area (TPSA) is 76.2 Å². The highest BCUT2D eigenvalue weighted by Crippen LogP contribution is 2.30. The van der Waals surface area contributed by atoms with Crippen LogP contribution in [0.15, 0.2) is 23.1 Å². The fourth-order valence-corrected chi connectivity index (χ4v) is 4.50. The van der Waals surface area contributed by atoms with Gasteiger partial charge >= 0.3 is 6.09 Å². The molecule has 1 saturated heterocycles. The number of rotatable bonds is 4. The van der Waals surface area contributed by atoms with Gasteiger partial charge in [-0.3, -0.25) is 0 Å². The maximum absolute atomic E-state index is 13.2. The smallest absolute Gasteiger partial charge is 0.409 e. The number of benzene rings is 1. The van der Waals surface area contributed by atoms with Crippen LogP contribution in [0.4, 0.5) is 4.79 Å². The van der Waals surface area contributed by atoms with Crippen molar-refractivity contribution in [2.45, 2.75) is 31.1 Å². The lowest BCUT2D eigenvalue weighted by molar-refractivity contribution is 0.126. The molecule has 8 heteroatoms. The van der Waals surface area contributed by atoms with Crippen molar-refractivity contribution in [2.75, 3.05) is 40.4 Å². The van der Waals surface area contributed by atoms with Gasteiger partial charge in [-0.05, 0) is 30.0 Å². The Bertz CT molecular complexity index is 718. The average Bonchev–Trinajstić information content (AvgIpc) is 2.87. The van der Waals surface area contributed by atoms with Crippen LogP contribution in [0, 0.1) is 0 Å². The first kappa shape index (κ1) is 19.5. The zero-order valence-corrected chi connectivity index (χ0v) is 16.0. The van der Waals surface area contributed by atoms with Crippen LogP contribution >= 0.6 is 0 Å². The molecule has 0 saturated carbocycles. The molecular formula is C17H26N2O5S. The second-order valence-electron chi connectivity index (χ2n) is 6.28. The van der Waals surface area contributed by atoms with E-state index in [0.29, 0.717) is 31.8 Å². The second-order valence-corrected chi connectivity index (χ2v) is 8.19. The Labute approximate surface area is 149 Å². The van der Waals surface area contributed by atoms with E-state index in [1.54, 1.807) is 12.1 Å². The van der Waals surface area contributed by atoms with Crippen molar-refractivity contribution in [1.82, 2.24) is 9.21 Å². The summed E-state index contributed by atoms with van der Waals surface area (Å²) in [5, 5.41) is 0. The molecule has 0 spiro atoms. The normalized spacial score (nSPS) is 16.6. The standard InChI is InChI=1S/C17H26N2O5S/c1-13(2)14-6-7-15(23-3)16(12-14)25(21,22)19-9-5-8-18(10-11-19)17(20)24-4/h6-7,12-13H,5,8-11H2,1-4H3. The molecule has 1 aliphatic rings. The van der Waals surface area contributed by atoms with Gasteiger partial charge in [-0.1, -0.05) is 19.9 Å². The molecule has 0 N–H and O–H groups in total. The van der Waals surface area contributed by atoms with Gasteiger partial charge in [-0.15, -0.1) is 0 Å². The highest BCUT2D eigenvalue weighted by atomic mass is 32.2. The molecular weight excluding hydrogens is 344 g/mol. The molecule has 2 rings (SSSR count). The maximum Gasteiger partial charge on any atom is 0.409 e. The Hall–Kier alpha value is -1.80. The van der Waals surface area contributed by atoms with Gasteiger partial charge in [0.25, 0.3) is 0 Å². The van der Waals surface area contributed by atoms with Gasteiger partial charge in [0.05, 0.1) is 14.2 Å². The maximum atomic E-state index is 13.2. The largest absolute Gasteiger partial charge is 0.495 e. The van der Waals surface area contributed by atoms with Gasteiger partial charge in [-0.25, -0.2) is 13.2 Å². The van der Waals surface area contributed by atoms with E-state index in [0.717, 1.165) is 5.56 Å². The molecule has 25 heavy (non-hydrogen) atoms. The number of carbonyl (C=O) groups is 1. The number of methoxy groups -OCH3 is 2. The molecule has 0 bridgehead atoms. The van der Waals surface area contributed by atoms with E-state index in [4.69, 9.17) is 9.47 Å². The third-order valence-corrected chi connectivity index (χ3v) is 6.28. The molecule has 1 aromatic carbocycles. The Morgan fingerprint density at radius 2 is 1.84 bits per heavy atom. The number of ether oxygens (including phenoxy) is 2. The van der Waals surface area contributed by atoms with Gasteiger partial charge in [0.15, 0.2) is 0 Å². The summed E-state index contributed by atoms with van der Waals surface area (Å²) in [4.78, 5) is 13.4. The van der Waals surface area contributed by atoms with Gasteiger partial charge in [0.2, 0.25) is 10.0 Å². The molecule has 0 unspecified atom stereocenters. The fourth-order valence-electron chi connectivity index (χ4n) is 2.84. The highest BCUT2D eigenvalue weighted by molar-refractivity contribution is 7.89. The van der Waals surface area contributed by atoms with E-state index in [2.05, 4.69) is 0 Å².